The lowest BCUT2D eigenvalue weighted by Gasteiger charge is -2.02. The van der Waals surface area contributed by atoms with Crippen molar-refractivity contribution in [2.45, 2.75) is 18.9 Å². The number of ketones is 1. The highest BCUT2D eigenvalue weighted by atomic mass is 79.9. The van der Waals surface area contributed by atoms with Crippen LogP contribution in [0.4, 0.5) is 0 Å². The normalized spacial score (nSPS) is 10.6. The van der Waals surface area contributed by atoms with E-state index >= 15 is 0 Å². The fourth-order valence-electron chi connectivity index (χ4n) is 0.759. The highest BCUT2D eigenvalue weighted by Crippen LogP contribution is 2.18. The lowest BCUT2D eigenvalue weighted by Crippen LogP contribution is -2.09. The minimum Gasteiger partial charge on any atom is -0.298 e. The molecule has 0 atom stereocenters. The van der Waals surface area contributed by atoms with Crippen LogP contribution in [0.15, 0.2) is 27.8 Å². The Morgan fingerprint density at radius 2 is 2.29 bits per heavy atom. The third kappa shape index (κ3) is 3.80. The zero-order valence-corrected chi connectivity index (χ0v) is 10.6. The van der Waals surface area contributed by atoms with Gasteiger partial charge in [0, 0.05) is 16.6 Å². The molecule has 0 N–H and O–H groups in total. The van der Waals surface area contributed by atoms with Crippen molar-refractivity contribution in [2.24, 2.45) is 5.92 Å². The van der Waals surface area contributed by atoms with Crippen molar-refractivity contribution in [3.8, 4) is 0 Å². The van der Waals surface area contributed by atoms with Crippen LogP contribution in [0.1, 0.15) is 13.8 Å². The molecular formula is C10H12BrNOS. The van der Waals surface area contributed by atoms with Gasteiger partial charge in [-0.15, -0.1) is 0 Å². The molecule has 0 saturated carbocycles. The molecule has 0 aliphatic carbocycles. The molecule has 14 heavy (non-hydrogen) atoms. The zero-order valence-electron chi connectivity index (χ0n) is 8.16. The van der Waals surface area contributed by atoms with Gasteiger partial charge >= 0.3 is 0 Å². The molecule has 2 nitrogen and oxygen atoms in total. The Morgan fingerprint density at radius 3 is 2.79 bits per heavy atom. The molecule has 0 spiro atoms. The van der Waals surface area contributed by atoms with Crippen molar-refractivity contribution in [1.29, 1.82) is 0 Å². The van der Waals surface area contributed by atoms with E-state index in [0.717, 1.165) is 9.50 Å². The molecule has 0 aliphatic heterocycles. The SMILES string of the molecule is CC(C)C(=O)CSc1ccc(Br)cn1. The Labute approximate surface area is 96.6 Å². The first kappa shape index (κ1) is 11.7. The van der Waals surface area contributed by atoms with E-state index < -0.39 is 0 Å². The van der Waals surface area contributed by atoms with Crippen LogP contribution in [-0.2, 0) is 4.79 Å². The monoisotopic (exact) mass is 273 g/mol. The minimum atomic E-state index is 0.109. The number of pyridine rings is 1. The van der Waals surface area contributed by atoms with Crippen molar-refractivity contribution in [2.75, 3.05) is 5.75 Å². The van der Waals surface area contributed by atoms with E-state index in [2.05, 4.69) is 20.9 Å². The molecule has 1 aromatic rings. The molecule has 0 aromatic carbocycles. The van der Waals surface area contributed by atoms with Crippen LogP contribution in [0.5, 0.6) is 0 Å². The van der Waals surface area contributed by atoms with Gasteiger partial charge in [0.2, 0.25) is 0 Å². The largest absolute Gasteiger partial charge is 0.298 e. The smallest absolute Gasteiger partial charge is 0.145 e. The second-order valence-corrected chi connectivity index (χ2v) is 5.14. The van der Waals surface area contributed by atoms with Gasteiger partial charge in [-0.2, -0.15) is 0 Å². The third-order valence-corrected chi connectivity index (χ3v) is 3.14. The highest BCUT2D eigenvalue weighted by Gasteiger charge is 2.07. The Kier molecular flexibility index (Phi) is 4.62. The van der Waals surface area contributed by atoms with Gasteiger partial charge in [-0.25, -0.2) is 4.98 Å². The number of hydrogen-bond acceptors (Lipinski definition) is 3. The van der Waals surface area contributed by atoms with Crippen molar-refractivity contribution in [3.05, 3.63) is 22.8 Å². The Bertz CT molecular complexity index is 310. The molecule has 1 rings (SSSR count). The summed E-state index contributed by atoms with van der Waals surface area (Å²) in [6, 6.07) is 3.83. The van der Waals surface area contributed by atoms with Gasteiger partial charge in [0.1, 0.15) is 5.78 Å². The van der Waals surface area contributed by atoms with Crippen molar-refractivity contribution >= 4 is 33.5 Å². The molecule has 76 valence electrons. The van der Waals surface area contributed by atoms with Gasteiger partial charge in [-0.3, -0.25) is 4.79 Å². The summed E-state index contributed by atoms with van der Waals surface area (Å²) in [6.07, 6.45) is 1.74. The Morgan fingerprint density at radius 1 is 1.57 bits per heavy atom. The van der Waals surface area contributed by atoms with Crippen molar-refractivity contribution in [1.82, 2.24) is 4.98 Å². The second kappa shape index (κ2) is 5.51. The molecule has 0 fully saturated rings. The fourth-order valence-corrected chi connectivity index (χ4v) is 1.91. The standard InChI is InChI=1S/C10H12BrNOS/c1-7(2)9(13)6-14-10-4-3-8(11)5-12-10/h3-5,7H,6H2,1-2H3. The van der Waals surface area contributed by atoms with E-state index in [1.165, 1.54) is 11.8 Å². The molecule has 0 amide bonds. The zero-order chi connectivity index (χ0) is 10.6. The summed E-state index contributed by atoms with van der Waals surface area (Å²) in [5.74, 6) is 0.879. The average Bonchev–Trinajstić information content (AvgIpc) is 2.16. The third-order valence-electron chi connectivity index (χ3n) is 1.71. The van der Waals surface area contributed by atoms with E-state index in [0.29, 0.717) is 5.75 Å². The first-order valence-corrected chi connectivity index (χ1v) is 6.14. The van der Waals surface area contributed by atoms with E-state index in [1.807, 2.05) is 26.0 Å². The maximum Gasteiger partial charge on any atom is 0.145 e. The maximum atomic E-state index is 11.3. The summed E-state index contributed by atoms with van der Waals surface area (Å²) in [5.41, 5.74) is 0. The van der Waals surface area contributed by atoms with Crippen LogP contribution in [0.2, 0.25) is 0 Å². The van der Waals surface area contributed by atoms with Crippen LogP contribution in [0.25, 0.3) is 0 Å². The number of halogens is 1. The summed E-state index contributed by atoms with van der Waals surface area (Å²) in [7, 11) is 0. The van der Waals surface area contributed by atoms with Gasteiger partial charge in [0.15, 0.2) is 0 Å². The molecule has 0 saturated heterocycles. The molecule has 4 heteroatoms. The van der Waals surface area contributed by atoms with Crippen LogP contribution in [-0.4, -0.2) is 16.5 Å². The number of thioether (sulfide) groups is 1. The van der Waals surface area contributed by atoms with E-state index in [-0.39, 0.29) is 11.7 Å². The average molecular weight is 274 g/mol. The van der Waals surface area contributed by atoms with Gasteiger partial charge < -0.3 is 0 Å². The van der Waals surface area contributed by atoms with E-state index in [4.69, 9.17) is 0 Å². The molecule has 0 bridgehead atoms. The molecule has 0 unspecified atom stereocenters. The lowest BCUT2D eigenvalue weighted by molar-refractivity contribution is -0.119. The molecule has 1 heterocycles. The number of nitrogens with zero attached hydrogens (tertiary/aromatic N) is 1. The molecular weight excluding hydrogens is 262 g/mol. The van der Waals surface area contributed by atoms with Gasteiger partial charge in [-0.05, 0) is 28.1 Å². The predicted molar refractivity (Wildman–Crippen MR) is 62.5 cm³/mol. The number of hydrogen-bond donors (Lipinski definition) is 0. The first-order chi connectivity index (χ1) is 6.59. The quantitative estimate of drug-likeness (QED) is 0.790. The van der Waals surface area contributed by atoms with Crippen molar-refractivity contribution < 1.29 is 4.79 Å². The van der Waals surface area contributed by atoms with Crippen LogP contribution in [0, 0.1) is 5.92 Å². The Hall–Kier alpha value is -0.350. The first-order valence-electron chi connectivity index (χ1n) is 4.36. The topological polar surface area (TPSA) is 30.0 Å². The van der Waals surface area contributed by atoms with Crippen LogP contribution < -0.4 is 0 Å². The summed E-state index contributed by atoms with van der Waals surface area (Å²) in [5, 5.41) is 0.891. The van der Waals surface area contributed by atoms with Crippen LogP contribution >= 0.6 is 27.7 Å². The van der Waals surface area contributed by atoms with Gasteiger partial charge in [-0.1, -0.05) is 25.6 Å². The summed E-state index contributed by atoms with van der Waals surface area (Å²) in [6.45, 7) is 3.83. The Balaban J connectivity index is 2.46. The summed E-state index contributed by atoms with van der Waals surface area (Å²) < 4.78 is 0.956. The van der Waals surface area contributed by atoms with E-state index in [1.54, 1.807) is 6.20 Å². The maximum absolute atomic E-state index is 11.3. The summed E-state index contributed by atoms with van der Waals surface area (Å²) in [4.78, 5) is 15.5. The molecule has 0 radical (unpaired) electrons. The van der Waals surface area contributed by atoms with Gasteiger partial charge in [0.05, 0.1) is 10.8 Å². The number of Topliss-reactive ketones (excluding diaryl/α,β-unsaturated/α-hetero) is 1. The number of carbonyl (C=O) groups is 1. The fraction of sp³-hybridized carbons (Fsp3) is 0.400. The van der Waals surface area contributed by atoms with Gasteiger partial charge in [0.25, 0.3) is 0 Å². The van der Waals surface area contributed by atoms with E-state index in [9.17, 15) is 4.79 Å². The van der Waals surface area contributed by atoms with Crippen molar-refractivity contribution in [3.63, 3.8) is 0 Å². The minimum absolute atomic E-state index is 0.109. The van der Waals surface area contributed by atoms with Crippen LogP contribution in [0.3, 0.4) is 0 Å². The lowest BCUT2D eigenvalue weighted by atomic mass is 10.1. The number of carbonyl (C=O) groups excluding carboxylic acids is 1. The number of aromatic nitrogens is 1. The second-order valence-electron chi connectivity index (χ2n) is 3.22. The highest BCUT2D eigenvalue weighted by molar-refractivity contribution is 9.10. The summed E-state index contributed by atoms with van der Waals surface area (Å²) >= 11 is 4.79. The molecule has 1 aromatic heterocycles. The molecule has 0 aliphatic rings. The number of rotatable bonds is 4. The predicted octanol–water partition coefficient (Wildman–Crippen LogP) is 3.16.